The van der Waals surface area contributed by atoms with Crippen LogP contribution in [0.4, 0.5) is 0 Å². The van der Waals surface area contributed by atoms with Gasteiger partial charge >= 0.3 is 5.97 Å². The minimum absolute atomic E-state index is 0.151. The predicted molar refractivity (Wildman–Crippen MR) is 116 cm³/mol. The van der Waals surface area contributed by atoms with Crippen LogP contribution in [0.1, 0.15) is 59.3 Å². The van der Waals surface area contributed by atoms with Crippen LogP contribution in [0.15, 0.2) is 0 Å². The molecule has 0 amide bonds. The number of aldehydes is 1. The van der Waals surface area contributed by atoms with Gasteiger partial charge in [-0.05, 0) is 12.8 Å². The summed E-state index contributed by atoms with van der Waals surface area (Å²) in [5.74, 6) is -2.69. The lowest BCUT2D eigenvalue weighted by Gasteiger charge is -2.56. The van der Waals surface area contributed by atoms with Crippen molar-refractivity contribution in [2.45, 2.75) is 101 Å². The number of rotatable bonds is 11. The van der Waals surface area contributed by atoms with E-state index in [9.17, 15) is 14.7 Å². The molecule has 0 radical (unpaired) electrons. The zero-order chi connectivity index (χ0) is 24.9. The maximum absolute atomic E-state index is 11.9. The fraction of sp³-hybridized carbons (Fsp3) is 0.913. The molecule has 2 fully saturated rings. The van der Waals surface area contributed by atoms with Gasteiger partial charge in [-0.2, -0.15) is 0 Å². The summed E-state index contributed by atoms with van der Waals surface area (Å²) >= 11 is 0. The van der Waals surface area contributed by atoms with Crippen molar-refractivity contribution in [1.29, 1.82) is 0 Å². The Morgan fingerprint density at radius 3 is 2.33 bits per heavy atom. The Morgan fingerprint density at radius 2 is 1.82 bits per heavy atom. The van der Waals surface area contributed by atoms with Crippen molar-refractivity contribution in [2.24, 2.45) is 5.41 Å². The summed E-state index contributed by atoms with van der Waals surface area (Å²) in [6, 6.07) is 0. The number of aliphatic hydroxyl groups is 2. The molecule has 0 aliphatic carbocycles. The van der Waals surface area contributed by atoms with Crippen molar-refractivity contribution >= 4 is 12.3 Å². The van der Waals surface area contributed by atoms with E-state index >= 15 is 0 Å². The SMILES string of the molecule is COC1(OC)C[C@@H](C[C@]2(OC)O[C@H](C[C@@H](O)CCO)C[C@H](OC(C)=O)C2(C)C)O[C@@H](C=O)C1. The highest BCUT2D eigenvalue weighted by Crippen LogP contribution is 2.51. The van der Waals surface area contributed by atoms with Crippen LogP contribution in [0.2, 0.25) is 0 Å². The van der Waals surface area contributed by atoms with E-state index in [1.807, 2.05) is 13.8 Å². The van der Waals surface area contributed by atoms with E-state index in [1.165, 1.54) is 28.3 Å². The first kappa shape index (κ1) is 28.1. The van der Waals surface area contributed by atoms with Crippen molar-refractivity contribution in [3.8, 4) is 0 Å². The molecule has 33 heavy (non-hydrogen) atoms. The summed E-state index contributed by atoms with van der Waals surface area (Å²) in [7, 11) is 4.56. The molecule has 2 saturated heterocycles. The molecule has 192 valence electrons. The fourth-order valence-corrected chi connectivity index (χ4v) is 5.06. The van der Waals surface area contributed by atoms with Gasteiger partial charge in [-0.25, -0.2) is 0 Å². The van der Waals surface area contributed by atoms with E-state index in [2.05, 4.69) is 0 Å². The Labute approximate surface area is 195 Å². The van der Waals surface area contributed by atoms with Gasteiger partial charge in [0.15, 0.2) is 11.6 Å². The van der Waals surface area contributed by atoms with Crippen LogP contribution in [0, 0.1) is 5.41 Å². The molecule has 10 heteroatoms. The van der Waals surface area contributed by atoms with Crippen molar-refractivity contribution in [2.75, 3.05) is 27.9 Å². The molecule has 0 aromatic carbocycles. The second-order valence-electron chi connectivity index (χ2n) is 9.52. The lowest BCUT2D eigenvalue weighted by molar-refractivity contribution is -0.364. The Bertz CT molecular complexity index is 649. The quantitative estimate of drug-likeness (QED) is 0.256. The lowest BCUT2D eigenvalue weighted by atomic mass is 9.70. The van der Waals surface area contributed by atoms with E-state index in [4.69, 9.17) is 33.5 Å². The molecule has 10 nitrogen and oxygen atoms in total. The molecular formula is C23H40O10. The van der Waals surface area contributed by atoms with Gasteiger partial charge in [-0.15, -0.1) is 0 Å². The van der Waals surface area contributed by atoms with Crippen molar-refractivity contribution < 1.29 is 48.2 Å². The van der Waals surface area contributed by atoms with E-state index in [0.29, 0.717) is 12.8 Å². The van der Waals surface area contributed by atoms with Crippen molar-refractivity contribution in [1.82, 2.24) is 0 Å². The Kier molecular flexibility index (Phi) is 9.81. The average Bonchev–Trinajstić information content (AvgIpc) is 2.76. The second kappa shape index (κ2) is 11.5. The molecule has 0 aromatic heterocycles. The fourth-order valence-electron chi connectivity index (χ4n) is 5.06. The van der Waals surface area contributed by atoms with Crippen LogP contribution < -0.4 is 0 Å². The summed E-state index contributed by atoms with van der Waals surface area (Å²) in [4.78, 5) is 23.5. The minimum atomic E-state index is -1.27. The van der Waals surface area contributed by atoms with Gasteiger partial charge in [0.05, 0.1) is 23.7 Å². The van der Waals surface area contributed by atoms with Gasteiger partial charge in [-0.1, -0.05) is 13.8 Å². The van der Waals surface area contributed by atoms with E-state index in [0.717, 1.165) is 6.29 Å². The molecule has 0 bridgehead atoms. The highest BCUT2D eigenvalue weighted by Gasteiger charge is 2.60. The molecule has 0 saturated carbocycles. The second-order valence-corrected chi connectivity index (χ2v) is 9.52. The molecule has 2 aliphatic rings. The third-order valence-electron chi connectivity index (χ3n) is 7.07. The monoisotopic (exact) mass is 476 g/mol. The van der Waals surface area contributed by atoms with Crippen LogP contribution in [-0.4, -0.2) is 92.5 Å². The third kappa shape index (κ3) is 6.30. The summed E-state index contributed by atoms with van der Waals surface area (Å²) < 4.78 is 35.4. The lowest BCUT2D eigenvalue weighted by Crippen LogP contribution is -2.64. The van der Waals surface area contributed by atoms with E-state index < -0.39 is 53.5 Å². The Hall–Kier alpha value is -1.14. The number of aliphatic hydroxyl groups excluding tert-OH is 2. The van der Waals surface area contributed by atoms with Crippen LogP contribution in [0.3, 0.4) is 0 Å². The molecule has 2 N–H and O–H groups in total. The van der Waals surface area contributed by atoms with Gasteiger partial charge in [0.2, 0.25) is 0 Å². The van der Waals surface area contributed by atoms with E-state index in [-0.39, 0.29) is 32.3 Å². The molecule has 2 rings (SSSR count). The maximum Gasteiger partial charge on any atom is 0.302 e. The Balaban J connectivity index is 2.38. The Morgan fingerprint density at radius 1 is 1.15 bits per heavy atom. The largest absolute Gasteiger partial charge is 0.462 e. The molecule has 6 atom stereocenters. The first-order valence-corrected chi connectivity index (χ1v) is 11.4. The highest BCUT2D eigenvalue weighted by molar-refractivity contribution is 5.66. The number of methoxy groups -OCH3 is 3. The number of hydrogen-bond donors (Lipinski definition) is 2. The van der Waals surface area contributed by atoms with Crippen molar-refractivity contribution in [3.05, 3.63) is 0 Å². The molecule has 2 heterocycles. The summed E-state index contributed by atoms with van der Waals surface area (Å²) in [6.07, 6.45) is -0.749. The predicted octanol–water partition coefficient (Wildman–Crippen LogP) is 1.33. The van der Waals surface area contributed by atoms with E-state index in [1.54, 1.807) is 0 Å². The van der Waals surface area contributed by atoms with Crippen molar-refractivity contribution in [3.63, 3.8) is 0 Å². The number of carbonyl (C=O) groups is 2. The first-order valence-electron chi connectivity index (χ1n) is 11.4. The zero-order valence-corrected chi connectivity index (χ0v) is 20.6. The molecule has 0 spiro atoms. The number of esters is 1. The van der Waals surface area contributed by atoms with Gasteiger partial charge in [0.25, 0.3) is 0 Å². The van der Waals surface area contributed by atoms with Gasteiger partial charge in [0, 0.05) is 60.5 Å². The van der Waals surface area contributed by atoms with Crippen LogP contribution in [0.25, 0.3) is 0 Å². The van der Waals surface area contributed by atoms with Gasteiger partial charge in [-0.3, -0.25) is 4.79 Å². The normalized spacial score (nSPS) is 34.4. The topological polar surface area (TPSA) is 130 Å². The maximum atomic E-state index is 11.9. The van der Waals surface area contributed by atoms with Crippen LogP contribution >= 0.6 is 0 Å². The molecule has 2 aliphatic heterocycles. The average molecular weight is 477 g/mol. The number of ether oxygens (including phenoxy) is 6. The summed E-state index contributed by atoms with van der Waals surface area (Å²) in [6.45, 7) is 4.98. The first-order chi connectivity index (χ1) is 15.5. The highest BCUT2D eigenvalue weighted by atomic mass is 16.7. The minimum Gasteiger partial charge on any atom is -0.462 e. The summed E-state index contributed by atoms with van der Waals surface area (Å²) in [5, 5.41) is 19.4. The third-order valence-corrected chi connectivity index (χ3v) is 7.07. The zero-order valence-electron chi connectivity index (χ0n) is 20.6. The molecule has 0 aromatic rings. The number of hydrogen-bond acceptors (Lipinski definition) is 10. The smallest absolute Gasteiger partial charge is 0.302 e. The van der Waals surface area contributed by atoms with Crippen LogP contribution in [0.5, 0.6) is 0 Å². The van der Waals surface area contributed by atoms with Gasteiger partial charge in [0.1, 0.15) is 18.5 Å². The number of carbonyl (C=O) groups excluding carboxylic acids is 2. The van der Waals surface area contributed by atoms with Gasteiger partial charge < -0.3 is 43.4 Å². The van der Waals surface area contributed by atoms with Crippen LogP contribution in [-0.2, 0) is 38.0 Å². The standard InChI is InChI=1S/C23H40O10/c1-15(26)31-20-10-17(9-16(27)7-8-24)33-23(30-6,21(20,2)3)13-18-11-22(28-4,29-5)12-19(14-25)32-18/h14,16-20,24,27H,7-13H2,1-6H3/t16-,17+,18-,19+,20-,23-/m0/s1. The summed E-state index contributed by atoms with van der Waals surface area (Å²) in [5.41, 5.74) is -0.799. The molecular weight excluding hydrogens is 436 g/mol. The molecule has 0 unspecified atom stereocenters.